The van der Waals surface area contributed by atoms with Gasteiger partial charge in [-0.05, 0) is 40.5 Å². The second kappa shape index (κ2) is 5.43. The number of carbonyl (C=O) groups excluding carboxylic acids is 1. The molecule has 0 aromatic carbocycles. The van der Waals surface area contributed by atoms with Gasteiger partial charge < -0.3 is 0 Å². The number of thiophene rings is 2. The minimum Gasteiger partial charge on any atom is -0.298 e. The molecule has 0 fully saturated rings. The van der Waals surface area contributed by atoms with E-state index in [0.29, 0.717) is 0 Å². The maximum atomic E-state index is 10.9. The Kier molecular flexibility index (Phi) is 3.92. The Morgan fingerprint density at radius 2 is 2.18 bits per heavy atom. The smallest absolute Gasteiger partial charge is 0.146 e. The summed E-state index contributed by atoms with van der Waals surface area (Å²) in [6.07, 6.45) is 2.94. The molecule has 0 saturated carbocycles. The van der Waals surface area contributed by atoms with Crippen LogP contribution in [0, 0.1) is 5.92 Å². The van der Waals surface area contributed by atoms with Gasteiger partial charge in [0.1, 0.15) is 6.29 Å². The summed E-state index contributed by atoms with van der Waals surface area (Å²) < 4.78 is 0. The zero-order chi connectivity index (χ0) is 12.3. The SMILES string of the molecule is CC(C)C(C=O)=Cc1cc(-c2cccs2)cs1. The Bertz CT molecular complexity index is 518. The standard InChI is InChI=1S/C14H14OS2/c1-10(2)11(8-15)6-13-7-12(9-17-13)14-4-3-5-16-14/h3-10H,1-2H3. The quantitative estimate of drug-likeness (QED) is 0.576. The second-order valence-electron chi connectivity index (χ2n) is 4.13. The molecule has 0 radical (unpaired) electrons. The average Bonchev–Trinajstić information content (AvgIpc) is 2.95. The van der Waals surface area contributed by atoms with Crippen molar-refractivity contribution in [2.45, 2.75) is 13.8 Å². The monoisotopic (exact) mass is 262 g/mol. The molecule has 17 heavy (non-hydrogen) atoms. The van der Waals surface area contributed by atoms with Gasteiger partial charge in [-0.1, -0.05) is 19.9 Å². The van der Waals surface area contributed by atoms with Crippen molar-refractivity contribution in [2.24, 2.45) is 5.92 Å². The molecule has 0 amide bonds. The predicted molar refractivity (Wildman–Crippen MR) is 76.5 cm³/mol. The molecular weight excluding hydrogens is 248 g/mol. The van der Waals surface area contributed by atoms with Crippen LogP contribution in [0.25, 0.3) is 16.5 Å². The first-order valence-corrected chi connectivity index (χ1v) is 7.26. The number of hydrogen-bond donors (Lipinski definition) is 0. The van der Waals surface area contributed by atoms with Crippen molar-refractivity contribution in [2.75, 3.05) is 0 Å². The molecule has 0 aliphatic rings. The van der Waals surface area contributed by atoms with Crippen LogP contribution in [0.15, 0.2) is 34.5 Å². The molecular formula is C14H14OS2. The van der Waals surface area contributed by atoms with E-state index < -0.39 is 0 Å². The fourth-order valence-corrected chi connectivity index (χ4v) is 3.15. The lowest BCUT2D eigenvalue weighted by Crippen LogP contribution is -1.93. The summed E-state index contributed by atoms with van der Waals surface area (Å²) in [5.74, 6) is 0.278. The maximum Gasteiger partial charge on any atom is 0.146 e. The molecule has 0 aliphatic heterocycles. The van der Waals surface area contributed by atoms with E-state index in [2.05, 4.69) is 29.0 Å². The molecule has 0 N–H and O–H groups in total. The van der Waals surface area contributed by atoms with Crippen molar-refractivity contribution in [3.8, 4) is 10.4 Å². The van der Waals surface area contributed by atoms with Crippen LogP contribution in [0.1, 0.15) is 18.7 Å². The van der Waals surface area contributed by atoms with Crippen molar-refractivity contribution in [1.82, 2.24) is 0 Å². The van der Waals surface area contributed by atoms with Gasteiger partial charge in [0.2, 0.25) is 0 Å². The third kappa shape index (κ3) is 2.93. The van der Waals surface area contributed by atoms with Crippen LogP contribution in [-0.4, -0.2) is 6.29 Å². The third-order valence-corrected chi connectivity index (χ3v) is 4.34. The van der Waals surface area contributed by atoms with Crippen LogP contribution < -0.4 is 0 Å². The third-order valence-electron chi connectivity index (χ3n) is 2.54. The molecule has 0 unspecified atom stereocenters. The zero-order valence-corrected chi connectivity index (χ0v) is 11.5. The first-order valence-electron chi connectivity index (χ1n) is 5.50. The van der Waals surface area contributed by atoms with Crippen LogP contribution >= 0.6 is 22.7 Å². The molecule has 2 aromatic rings. The number of hydrogen-bond acceptors (Lipinski definition) is 3. The van der Waals surface area contributed by atoms with Crippen LogP contribution in [0.4, 0.5) is 0 Å². The lowest BCUT2D eigenvalue weighted by atomic mass is 10.0. The predicted octanol–water partition coefficient (Wildman–Crippen LogP) is 4.71. The fourth-order valence-electron chi connectivity index (χ4n) is 1.50. The highest BCUT2D eigenvalue weighted by atomic mass is 32.1. The van der Waals surface area contributed by atoms with Gasteiger partial charge in [-0.15, -0.1) is 22.7 Å². The second-order valence-corrected chi connectivity index (χ2v) is 6.02. The van der Waals surface area contributed by atoms with E-state index in [1.54, 1.807) is 22.7 Å². The summed E-state index contributed by atoms with van der Waals surface area (Å²) in [5.41, 5.74) is 2.09. The lowest BCUT2D eigenvalue weighted by Gasteiger charge is -2.01. The van der Waals surface area contributed by atoms with Crippen molar-refractivity contribution in [3.63, 3.8) is 0 Å². The van der Waals surface area contributed by atoms with Crippen LogP contribution in [0.2, 0.25) is 0 Å². The van der Waals surface area contributed by atoms with Crippen LogP contribution in [0.5, 0.6) is 0 Å². The van der Waals surface area contributed by atoms with E-state index in [-0.39, 0.29) is 5.92 Å². The summed E-state index contributed by atoms with van der Waals surface area (Å²) in [6, 6.07) is 6.31. The van der Waals surface area contributed by atoms with Crippen molar-refractivity contribution >= 4 is 35.0 Å². The van der Waals surface area contributed by atoms with Gasteiger partial charge >= 0.3 is 0 Å². The summed E-state index contributed by atoms with van der Waals surface area (Å²) in [5, 5.41) is 4.22. The van der Waals surface area contributed by atoms with Gasteiger partial charge in [-0.25, -0.2) is 0 Å². The molecule has 2 aromatic heterocycles. The van der Waals surface area contributed by atoms with E-state index in [4.69, 9.17) is 0 Å². The summed E-state index contributed by atoms with van der Waals surface area (Å²) in [6.45, 7) is 4.07. The van der Waals surface area contributed by atoms with Crippen LogP contribution in [0.3, 0.4) is 0 Å². The highest BCUT2D eigenvalue weighted by Crippen LogP contribution is 2.30. The minimum absolute atomic E-state index is 0.278. The highest BCUT2D eigenvalue weighted by molar-refractivity contribution is 7.15. The Morgan fingerprint density at radius 1 is 1.35 bits per heavy atom. The van der Waals surface area contributed by atoms with Gasteiger partial charge in [0.25, 0.3) is 0 Å². The topological polar surface area (TPSA) is 17.1 Å². The Hall–Kier alpha value is -1.19. The molecule has 0 aliphatic carbocycles. The molecule has 3 heteroatoms. The lowest BCUT2D eigenvalue weighted by molar-refractivity contribution is -0.105. The van der Waals surface area contributed by atoms with Crippen molar-refractivity contribution in [3.05, 3.63) is 39.4 Å². The molecule has 0 saturated heterocycles. The van der Waals surface area contributed by atoms with E-state index in [9.17, 15) is 4.79 Å². The Labute approximate surface area is 109 Å². The van der Waals surface area contributed by atoms with Crippen molar-refractivity contribution in [1.29, 1.82) is 0 Å². The van der Waals surface area contributed by atoms with E-state index >= 15 is 0 Å². The normalized spacial score (nSPS) is 12.1. The first kappa shape index (κ1) is 12.3. The van der Waals surface area contributed by atoms with Gasteiger partial charge in [0, 0.05) is 15.3 Å². The summed E-state index contributed by atoms with van der Waals surface area (Å²) in [7, 11) is 0. The van der Waals surface area contributed by atoms with Gasteiger partial charge in [-0.3, -0.25) is 4.79 Å². The van der Waals surface area contributed by atoms with Crippen molar-refractivity contribution < 1.29 is 4.79 Å². The number of allylic oxidation sites excluding steroid dienone is 1. The summed E-state index contributed by atoms with van der Waals surface area (Å²) >= 11 is 3.42. The van der Waals surface area contributed by atoms with Gasteiger partial charge in [0.15, 0.2) is 0 Å². The Morgan fingerprint density at radius 3 is 2.76 bits per heavy atom. The van der Waals surface area contributed by atoms with E-state index in [0.717, 1.165) is 16.7 Å². The molecule has 88 valence electrons. The van der Waals surface area contributed by atoms with E-state index in [1.807, 2.05) is 19.9 Å². The first-order chi connectivity index (χ1) is 8.20. The minimum atomic E-state index is 0.278. The number of carbonyl (C=O) groups is 1. The average molecular weight is 262 g/mol. The van der Waals surface area contributed by atoms with Gasteiger partial charge in [0.05, 0.1) is 0 Å². The van der Waals surface area contributed by atoms with E-state index in [1.165, 1.54) is 10.4 Å². The molecule has 1 nitrogen and oxygen atoms in total. The highest BCUT2D eigenvalue weighted by Gasteiger charge is 2.05. The molecule has 0 spiro atoms. The molecule has 2 heterocycles. The molecule has 2 rings (SSSR count). The molecule has 0 bridgehead atoms. The summed E-state index contributed by atoms with van der Waals surface area (Å²) in [4.78, 5) is 13.3. The zero-order valence-electron chi connectivity index (χ0n) is 9.84. The van der Waals surface area contributed by atoms with Crippen LogP contribution in [-0.2, 0) is 4.79 Å². The number of rotatable bonds is 4. The largest absolute Gasteiger partial charge is 0.298 e. The fraction of sp³-hybridized carbons (Fsp3) is 0.214. The Balaban J connectivity index is 2.27. The molecule has 0 atom stereocenters. The van der Waals surface area contributed by atoms with Gasteiger partial charge in [-0.2, -0.15) is 0 Å². The maximum absolute atomic E-state index is 10.9. The number of aldehydes is 1.